The Hall–Kier alpha value is -2.42. The number of methoxy groups -OCH3 is 1. The Labute approximate surface area is 172 Å². The Morgan fingerprint density at radius 2 is 1.83 bits per heavy atom. The Kier molecular flexibility index (Phi) is 6.56. The number of benzene rings is 2. The van der Waals surface area contributed by atoms with Crippen molar-refractivity contribution in [2.75, 3.05) is 32.1 Å². The van der Waals surface area contributed by atoms with Crippen LogP contribution in [-0.2, 0) is 21.5 Å². The van der Waals surface area contributed by atoms with Crippen molar-refractivity contribution in [3.05, 3.63) is 59.2 Å². The van der Waals surface area contributed by atoms with E-state index < -0.39 is 10.2 Å². The molecule has 156 valence electrons. The van der Waals surface area contributed by atoms with Crippen LogP contribution in [0.5, 0.6) is 5.75 Å². The van der Waals surface area contributed by atoms with Crippen LogP contribution in [0.2, 0.25) is 0 Å². The number of hydrogen-bond acceptors (Lipinski definition) is 4. The fourth-order valence-corrected chi connectivity index (χ4v) is 4.93. The van der Waals surface area contributed by atoms with E-state index in [0.717, 1.165) is 16.7 Å². The molecule has 8 heteroatoms. The van der Waals surface area contributed by atoms with Crippen LogP contribution in [0.4, 0.5) is 5.69 Å². The highest BCUT2D eigenvalue weighted by atomic mass is 32.2. The van der Waals surface area contributed by atoms with Crippen LogP contribution in [0.1, 0.15) is 23.1 Å². The summed E-state index contributed by atoms with van der Waals surface area (Å²) in [7, 11) is -2.14. The number of rotatable bonds is 6. The number of nitrogens with one attached hydrogen (secondary N) is 1. The first-order valence-corrected chi connectivity index (χ1v) is 10.9. The zero-order chi connectivity index (χ0) is 21.0. The molecule has 0 saturated carbocycles. The van der Waals surface area contributed by atoms with E-state index in [1.807, 2.05) is 56.3 Å². The molecule has 1 fully saturated rings. The van der Waals surface area contributed by atoms with Gasteiger partial charge in [0.25, 0.3) is 10.2 Å². The second kappa shape index (κ2) is 8.94. The molecule has 0 atom stereocenters. The predicted octanol–water partition coefficient (Wildman–Crippen LogP) is 2.70. The molecule has 2 aromatic rings. The zero-order valence-electron chi connectivity index (χ0n) is 17.0. The maximum Gasteiger partial charge on any atom is 0.282 e. The van der Waals surface area contributed by atoms with Crippen molar-refractivity contribution in [3.63, 3.8) is 0 Å². The van der Waals surface area contributed by atoms with Crippen molar-refractivity contribution in [3.8, 4) is 5.75 Å². The molecule has 0 aromatic heterocycles. The van der Waals surface area contributed by atoms with Gasteiger partial charge in [-0.25, -0.2) is 0 Å². The summed E-state index contributed by atoms with van der Waals surface area (Å²) < 4.78 is 33.9. The van der Waals surface area contributed by atoms with E-state index >= 15 is 0 Å². The van der Waals surface area contributed by atoms with Gasteiger partial charge < -0.3 is 10.1 Å². The number of carbonyl (C=O) groups is 1. The number of ether oxygens (including phenoxy) is 1. The molecule has 1 saturated heterocycles. The number of anilines is 1. The van der Waals surface area contributed by atoms with Gasteiger partial charge in [0.2, 0.25) is 5.91 Å². The van der Waals surface area contributed by atoms with Crippen LogP contribution in [0.15, 0.2) is 42.5 Å². The zero-order valence-corrected chi connectivity index (χ0v) is 17.8. The van der Waals surface area contributed by atoms with E-state index in [4.69, 9.17) is 4.74 Å². The first kappa shape index (κ1) is 21.3. The lowest BCUT2D eigenvalue weighted by Crippen LogP contribution is -2.51. The van der Waals surface area contributed by atoms with Gasteiger partial charge in [-0.3, -0.25) is 4.79 Å². The van der Waals surface area contributed by atoms with Gasteiger partial charge in [-0.15, -0.1) is 0 Å². The summed E-state index contributed by atoms with van der Waals surface area (Å²) >= 11 is 0. The van der Waals surface area contributed by atoms with Crippen molar-refractivity contribution in [1.29, 1.82) is 0 Å². The maximum atomic E-state index is 13.0. The summed E-state index contributed by atoms with van der Waals surface area (Å²) in [4.78, 5) is 12.5. The fourth-order valence-electron chi connectivity index (χ4n) is 3.29. The molecule has 1 amide bonds. The second-order valence-electron chi connectivity index (χ2n) is 7.23. The van der Waals surface area contributed by atoms with Crippen LogP contribution in [0.25, 0.3) is 0 Å². The molecule has 7 nitrogen and oxygen atoms in total. The van der Waals surface area contributed by atoms with E-state index in [0.29, 0.717) is 30.9 Å². The minimum Gasteiger partial charge on any atom is -0.497 e. The monoisotopic (exact) mass is 417 g/mol. The molecule has 1 heterocycles. The van der Waals surface area contributed by atoms with E-state index in [9.17, 15) is 13.2 Å². The smallest absolute Gasteiger partial charge is 0.282 e. The minimum atomic E-state index is -3.72. The Bertz CT molecular complexity index is 991. The highest BCUT2D eigenvalue weighted by Gasteiger charge is 2.34. The summed E-state index contributed by atoms with van der Waals surface area (Å²) in [6.45, 7) is 4.76. The van der Waals surface area contributed by atoms with Crippen molar-refractivity contribution < 1.29 is 17.9 Å². The van der Waals surface area contributed by atoms with Crippen LogP contribution in [-0.4, -0.2) is 49.7 Å². The highest BCUT2D eigenvalue weighted by molar-refractivity contribution is 7.86. The van der Waals surface area contributed by atoms with Crippen LogP contribution >= 0.6 is 0 Å². The average molecular weight is 418 g/mol. The molecule has 29 heavy (non-hydrogen) atoms. The number of aryl methyl sites for hydroxylation is 2. The van der Waals surface area contributed by atoms with Crippen molar-refractivity contribution in [2.24, 2.45) is 0 Å². The standard InChI is InChI=1S/C21H27N3O4S/c1-16-8-9-19(12-17(16)2)22-21(25)15-24-11-5-10-23(29(24,26)27)14-18-6-4-7-20(13-18)28-3/h4,6-9,12-13H,5,10-11,14-15H2,1-3H3,(H,22,25). The normalized spacial score (nSPS) is 17.1. The largest absolute Gasteiger partial charge is 0.497 e. The van der Waals surface area contributed by atoms with Gasteiger partial charge in [0.15, 0.2) is 0 Å². The van der Waals surface area contributed by atoms with Gasteiger partial charge in [0, 0.05) is 25.3 Å². The summed E-state index contributed by atoms with van der Waals surface area (Å²) in [6.07, 6.45) is 0.667. The Morgan fingerprint density at radius 1 is 1.07 bits per heavy atom. The predicted molar refractivity (Wildman–Crippen MR) is 113 cm³/mol. The Morgan fingerprint density at radius 3 is 2.55 bits per heavy atom. The third kappa shape index (κ3) is 5.14. The number of hydrogen-bond donors (Lipinski definition) is 1. The third-order valence-electron chi connectivity index (χ3n) is 5.07. The van der Waals surface area contributed by atoms with Gasteiger partial charge in [0.1, 0.15) is 5.75 Å². The SMILES string of the molecule is COc1cccc(CN2CCCN(CC(=O)Nc3ccc(C)c(C)c3)S2(=O)=O)c1. The lowest BCUT2D eigenvalue weighted by Gasteiger charge is -2.34. The number of nitrogens with zero attached hydrogens (tertiary/aromatic N) is 2. The third-order valence-corrected chi connectivity index (χ3v) is 7.00. The van der Waals surface area contributed by atoms with Crippen molar-refractivity contribution in [1.82, 2.24) is 8.61 Å². The average Bonchev–Trinajstić information content (AvgIpc) is 2.68. The Balaban J connectivity index is 1.67. The lowest BCUT2D eigenvalue weighted by molar-refractivity contribution is -0.116. The van der Waals surface area contributed by atoms with E-state index in [2.05, 4.69) is 5.32 Å². The molecule has 1 N–H and O–H groups in total. The molecule has 1 aliphatic heterocycles. The molecule has 0 unspecified atom stereocenters. The molecule has 0 aliphatic carbocycles. The molecule has 0 bridgehead atoms. The second-order valence-corrected chi connectivity index (χ2v) is 9.16. The topological polar surface area (TPSA) is 79.0 Å². The van der Waals surface area contributed by atoms with E-state index in [1.165, 1.54) is 8.61 Å². The molecule has 0 radical (unpaired) electrons. The van der Waals surface area contributed by atoms with Gasteiger partial charge in [-0.05, 0) is 61.2 Å². The van der Waals surface area contributed by atoms with Crippen molar-refractivity contribution in [2.45, 2.75) is 26.8 Å². The summed E-state index contributed by atoms with van der Waals surface area (Å²) in [5.41, 5.74) is 3.71. The number of carbonyl (C=O) groups excluding carboxylic acids is 1. The quantitative estimate of drug-likeness (QED) is 0.784. The van der Waals surface area contributed by atoms with Gasteiger partial charge in [-0.2, -0.15) is 17.0 Å². The first-order chi connectivity index (χ1) is 13.8. The van der Waals surface area contributed by atoms with Crippen LogP contribution in [0.3, 0.4) is 0 Å². The number of amides is 1. The van der Waals surface area contributed by atoms with Crippen LogP contribution < -0.4 is 10.1 Å². The van der Waals surface area contributed by atoms with Crippen molar-refractivity contribution >= 4 is 21.8 Å². The van der Waals surface area contributed by atoms with E-state index in [1.54, 1.807) is 7.11 Å². The van der Waals surface area contributed by atoms with E-state index in [-0.39, 0.29) is 19.0 Å². The molecular formula is C21H27N3O4S. The summed E-state index contributed by atoms with van der Waals surface area (Å²) in [5, 5.41) is 2.79. The highest BCUT2D eigenvalue weighted by Crippen LogP contribution is 2.21. The summed E-state index contributed by atoms with van der Waals surface area (Å²) in [6, 6.07) is 13.0. The van der Waals surface area contributed by atoms with Gasteiger partial charge in [-0.1, -0.05) is 18.2 Å². The molecule has 0 spiro atoms. The molecular weight excluding hydrogens is 390 g/mol. The minimum absolute atomic E-state index is 0.204. The van der Waals surface area contributed by atoms with Crippen LogP contribution in [0, 0.1) is 13.8 Å². The molecule has 1 aliphatic rings. The first-order valence-electron chi connectivity index (χ1n) is 9.55. The molecule has 3 rings (SSSR count). The molecule has 2 aromatic carbocycles. The maximum absolute atomic E-state index is 13.0. The fraction of sp³-hybridized carbons (Fsp3) is 0.381. The van der Waals surface area contributed by atoms with Gasteiger partial charge in [0.05, 0.1) is 13.7 Å². The van der Waals surface area contributed by atoms with Gasteiger partial charge >= 0.3 is 0 Å². The summed E-state index contributed by atoms with van der Waals surface area (Å²) in [5.74, 6) is 0.335. The lowest BCUT2D eigenvalue weighted by atomic mass is 10.1.